The number of hydrogen-bond donors (Lipinski definition) is 1. The van der Waals surface area contributed by atoms with Crippen molar-refractivity contribution in [2.24, 2.45) is 0 Å². The summed E-state index contributed by atoms with van der Waals surface area (Å²) in [7, 11) is 0. The molecule has 0 aliphatic carbocycles. The van der Waals surface area contributed by atoms with E-state index in [2.05, 4.69) is 14.9 Å². The molecule has 1 N–H and O–H groups in total. The molecule has 0 aromatic carbocycles. The summed E-state index contributed by atoms with van der Waals surface area (Å²) in [4.78, 5) is 23.2. The zero-order valence-electron chi connectivity index (χ0n) is 15.4. The van der Waals surface area contributed by atoms with Gasteiger partial charge in [-0.1, -0.05) is 0 Å². The SMILES string of the molecule is N#Cc1ccc(NCC(=O)N2CCC(c3ncc4n3CCCC4)CC2)nc1. The fourth-order valence-corrected chi connectivity index (χ4v) is 4.02. The lowest BCUT2D eigenvalue weighted by atomic mass is 9.95. The Morgan fingerprint density at radius 3 is 2.78 bits per heavy atom. The third-order valence-electron chi connectivity index (χ3n) is 5.56. The van der Waals surface area contributed by atoms with Crippen LogP contribution in [0, 0.1) is 11.3 Å². The van der Waals surface area contributed by atoms with E-state index in [1.54, 1.807) is 12.1 Å². The lowest BCUT2D eigenvalue weighted by molar-refractivity contribution is -0.130. The number of nitrogens with zero attached hydrogens (tertiary/aromatic N) is 5. The molecule has 140 valence electrons. The minimum absolute atomic E-state index is 0.0877. The van der Waals surface area contributed by atoms with E-state index in [9.17, 15) is 4.79 Å². The standard InChI is InChI=1S/C20H24N6O/c21-11-15-4-5-18(22-12-15)23-14-19(27)25-9-6-16(7-10-25)20-24-13-17-3-1-2-8-26(17)20/h4-5,12-13,16H,1-3,6-10,14H2,(H,22,23). The fourth-order valence-electron chi connectivity index (χ4n) is 4.02. The molecule has 0 unspecified atom stereocenters. The summed E-state index contributed by atoms with van der Waals surface area (Å²) in [6.45, 7) is 2.86. The van der Waals surface area contributed by atoms with Gasteiger partial charge in [-0.2, -0.15) is 5.26 Å². The lowest BCUT2D eigenvalue weighted by Crippen LogP contribution is -2.41. The molecule has 4 heterocycles. The van der Waals surface area contributed by atoms with E-state index in [4.69, 9.17) is 10.2 Å². The molecule has 0 radical (unpaired) electrons. The van der Waals surface area contributed by atoms with Crippen LogP contribution in [0.15, 0.2) is 24.5 Å². The molecule has 2 aliphatic heterocycles. The Hall–Kier alpha value is -2.88. The van der Waals surface area contributed by atoms with Crippen molar-refractivity contribution in [1.82, 2.24) is 19.4 Å². The number of nitriles is 1. The van der Waals surface area contributed by atoms with Crippen molar-refractivity contribution < 1.29 is 4.79 Å². The summed E-state index contributed by atoms with van der Waals surface area (Å²) in [5.41, 5.74) is 1.88. The van der Waals surface area contributed by atoms with Gasteiger partial charge in [0, 0.05) is 43.6 Å². The van der Waals surface area contributed by atoms with Crippen LogP contribution in [-0.4, -0.2) is 45.0 Å². The Kier molecular flexibility index (Phi) is 5.05. The molecule has 7 heteroatoms. The Labute approximate surface area is 159 Å². The summed E-state index contributed by atoms with van der Waals surface area (Å²) < 4.78 is 2.41. The summed E-state index contributed by atoms with van der Waals surface area (Å²) in [5, 5.41) is 11.8. The molecule has 2 aliphatic rings. The Balaban J connectivity index is 1.29. The zero-order chi connectivity index (χ0) is 18.6. The maximum atomic E-state index is 12.5. The van der Waals surface area contributed by atoms with E-state index < -0.39 is 0 Å². The van der Waals surface area contributed by atoms with Crippen LogP contribution in [-0.2, 0) is 17.8 Å². The van der Waals surface area contributed by atoms with Gasteiger partial charge in [-0.05, 0) is 44.2 Å². The molecule has 1 amide bonds. The van der Waals surface area contributed by atoms with Gasteiger partial charge in [-0.25, -0.2) is 9.97 Å². The van der Waals surface area contributed by atoms with Gasteiger partial charge in [0.25, 0.3) is 0 Å². The monoisotopic (exact) mass is 364 g/mol. The fraction of sp³-hybridized carbons (Fsp3) is 0.500. The Morgan fingerprint density at radius 1 is 1.19 bits per heavy atom. The van der Waals surface area contributed by atoms with Crippen LogP contribution in [0.4, 0.5) is 5.82 Å². The number of likely N-dealkylation sites (tertiary alicyclic amines) is 1. The minimum Gasteiger partial charge on any atom is -0.361 e. The number of nitrogens with one attached hydrogen (secondary N) is 1. The molecule has 27 heavy (non-hydrogen) atoms. The number of amides is 1. The number of hydrogen-bond acceptors (Lipinski definition) is 5. The summed E-state index contributed by atoms with van der Waals surface area (Å²) in [5.74, 6) is 2.37. The van der Waals surface area contributed by atoms with E-state index in [1.807, 2.05) is 17.2 Å². The van der Waals surface area contributed by atoms with Crippen molar-refractivity contribution in [2.45, 2.75) is 44.6 Å². The van der Waals surface area contributed by atoms with E-state index in [-0.39, 0.29) is 12.5 Å². The molecule has 0 saturated carbocycles. The number of aryl methyl sites for hydroxylation is 1. The summed E-state index contributed by atoms with van der Waals surface area (Å²) in [6, 6.07) is 5.45. The molecule has 4 rings (SSSR count). The number of anilines is 1. The molecule has 1 fully saturated rings. The molecule has 7 nitrogen and oxygen atoms in total. The third kappa shape index (κ3) is 3.80. The smallest absolute Gasteiger partial charge is 0.241 e. The number of aromatic nitrogens is 3. The minimum atomic E-state index is 0.0877. The number of imidazole rings is 1. The van der Waals surface area contributed by atoms with E-state index in [1.165, 1.54) is 30.6 Å². The quantitative estimate of drug-likeness (QED) is 0.899. The number of piperidine rings is 1. The lowest BCUT2D eigenvalue weighted by Gasteiger charge is -2.32. The predicted molar refractivity (Wildman–Crippen MR) is 101 cm³/mol. The number of fused-ring (bicyclic) bond motifs is 1. The van der Waals surface area contributed by atoms with Gasteiger partial charge in [-0.3, -0.25) is 4.79 Å². The number of carbonyl (C=O) groups is 1. The van der Waals surface area contributed by atoms with Crippen LogP contribution >= 0.6 is 0 Å². The highest BCUT2D eigenvalue weighted by Gasteiger charge is 2.27. The highest BCUT2D eigenvalue weighted by molar-refractivity contribution is 5.80. The van der Waals surface area contributed by atoms with E-state index in [0.29, 0.717) is 17.3 Å². The second-order valence-corrected chi connectivity index (χ2v) is 7.27. The molecule has 0 atom stereocenters. The van der Waals surface area contributed by atoms with Gasteiger partial charge in [0.2, 0.25) is 5.91 Å². The first-order valence-electron chi connectivity index (χ1n) is 9.66. The van der Waals surface area contributed by atoms with Crippen molar-refractivity contribution in [3.8, 4) is 6.07 Å². The molecule has 2 aromatic rings. The Bertz CT molecular complexity index is 842. The number of rotatable bonds is 4. The van der Waals surface area contributed by atoms with Gasteiger partial charge in [0.05, 0.1) is 12.1 Å². The first-order valence-corrected chi connectivity index (χ1v) is 9.66. The van der Waals surface area contributed by atoms with Crippen molar-refractivity contribution in [3.05, 3.63) is 41.6 Å². The van der Waals surface area contributed by atoms with Crippen molar-refractivity contribution >= 4 is 11.7 Å². The molecule has 2 aromatic heterocycles. The number of pyridine rings is 1. The van der Waals surface area contributed by atoms with Crippen LogP contribution in [0.2, 0.25) is 0 Å². The van der Waals surface area contributed by atoms with Crippen LogP contribution in [0.1, 0.15) is 48.7 Å². The van der Waals surface area contributed by atoms with Crippen LogP contribution in [0.5, 0.6) is 0 Å². The molecule has 1 saturated heterocycles. The second-order valence-electron chi connectivity index (χ2n) is 7.27. The normalized spacial score (nSPS) is 17.2. The van der Waals surface area contributed by atoms with E-state index in [0.717, 1.165) is 38.9 Å². The number of carbonyl (C=O) groups excluding carboxylic acids is 1. The summed E-state index contributed by atoms with van der Waals surface area (Å²) in [6.07, 6.45) is 9.12. The van der Waals surface area contributed by atoms with Gasteiger partial charge < -0.3 is 14.8 Å². The second kappa shape index (κ2) is 7.78. The average molecular weight is 364 g/mol. The zero-order valence-corrected chi connectivity index (χ0v) is 15.4. The van der Waals surface area contributed by atoms with Gasteiger partial charge >= 0.3 is 0 Å². The average Bonchev–Trinajstić information content (AvgIpc) is 3.16. The van der Waals surface area contributed by atoms with Gasteiger partial charge in [0.15, 0.2) is 0 Å². The third-order valence-corrected chi connectivity index (χ3v) is 5.56. The maximum absolute atomic E-state index is 12.5. The molecule has 0 bridgehead atoms. The van der Waals surface area contributed by atoms with Crippen molar-refractivity contribution in [1.29, 1.82) is 5.26 Å². The van der Waals surface area contributed by atoms with Crippen molar-refractivity contribution in [3.63, 3.8) is 0 Å². The summed E-state index contributed by atoms with van der Waals surface area (Å²) >= 11 is 0. The van der Waals surface area contributed by atoms with Crippen LogP contribution in [0.3, 0.4) is 0 Å². The van der Waals surface area contributed by atoms with Crippen LogP contribution < -0.4 is 5.32 Å². The first-order chi connectivity index (χ1) is 13.2. The highest BCUT2D eigenvalue weighted by Crippen LogP contribution is 2.30. The van der Waals surface area contributed by atoms with Gasteiger partial charge in [-0.15, -0.1) is 0 Å². The topological polar surface area (TPSA) is 86.8 Å². The Morgan fingerprint density at radius 2 is 2.04 bits per heavy atom. The highest BCUT2D eigenvalue weighted by atomic mass is 16.2. The largest absolute Gasteiger partial charge is 0.361 e. The van der Waals surface area contributed by atoms with E-state index >= 15 is 0 Å². The molecular weight excluding hydrogens is 340 g/mol. The van der Waals surface area contributed by atoms with Crippen molar-refractivity contribution in [2.75, 3.05) is 25.0 Å². The maximum Gasteiger partial charge on any atom is 0.241 e. The van der Waals surface area contributed by atoms with Gasteiger partial charge in [0.1, 0.15) is 17.7 Å². The molecule has 0 spiro atoms. The molecular formula is C20H24N6O. The predicted octanol–water partition coefficient (Wildman–Crippen LogP) is 2.30. The first kappa shape index (κ1) is 17.5. The van der Waals surface area contributed by atoms with Crippen LogP contribution in [0.25, 0.3) is 0 Å².